The van der Waals surface area contributed by atoms with Gasteiger partial charge in [-0.25, -0.2) is 0 Å². The van der Waals surface area contributed by atoms with Crippen molar-refractivity contribution in [1.29, 1.82) is 0 Å². The molecule has 1 aliphatic heterocycles. The van der Waals surface area contributed by atoms with Crippen LogP contribution in [0.5, 0.6) is 0 Å². The van der Waals surface area contributed by atoms with Crippen LogP contribution in [0.15, 0.2) is 6.20 Å². The summed E-state index contributed by atoms with van der Waals surface area (Å²) in [5.74, 6) is 0.347. The van der Waals surface area contributed by atoms with Crippen molar-refractivity contribution in [2.24, 2.45) is 13.0 Å². The van der Waals surface area contributed by atoms with Gasteiger partial charge in [-0.15, -0.1) is 0 Å². The zero-order valence-corrected chi connectivity index (χ0v) is 10.6. The second-order valence-corrected chi connectivity index (χ2v) is 4.78. The molecule has 0 aromatic carbocycles. The molecule has 2 atom stereocenters. The van der Waals surface area contributed by atoms with E-state index in [-0.39, 0.29) is 18.6 Å². The predicted octanol–water partition coefficient (Wildman–Crippen LogP) is 0.571. The van der Waals surface area contributed by atoms with Gasteiger partial charge in [-0.1, -0.05) is 6.92 Å². The monoisotopic (exact) mass is 237 g/mol. The Labute approximate surface area is 101 Å². The molecule has 5 heteroatoms. The maximum absolute atomic E-state index is 12.4. The van der Waals surface area contributed by atoms with E-state index in [4.69, 9.17) is 0 Å². The van der Waals surface area contributed by atoms with Crippen molar-refractivity contribution in [3.05, 3.63) is 17.5 Å². The van der Waals surface area contributed by atoms with E-state index in [1.165, 1.54) is 0 Å². The van der Waals surface area contributed by atoms with Gasteiger partial charge < -0.3 is 10.0 Å². The molecule has 1 N–H and O–H groups in total. The molecule has 5 nitrogen and oxygen atoms in total. The number of aromatic nitrogens is 2. The number of carbonyl (C=O) groups excluding carboxylic acids is 1. The number of amides is 1. The number of carbonyl (C=O) groups is 1. The molecular weight excluding hydrogens is 218 g/mol. The molecule has 0 spiro atoms. The highest BCUT2D eigenvalue weighted by atomic mass is 16.3. The van der Waals surface area contributed by atoms with Crippen LogP contribution in [-0.2, 0) is 7.05 Å². The number of nitrogens with zero attached hydrogens (tertiary/aromatic N) is 3. The summed E-state index contributed by atoms with van der Waals surface area (Å²) in [6, 6.07) is -0.0536. The van der Waals surface area contributed by atoms with Gasteiger partial charge >= 0.3 is 0 Å². The topological polar surface area (TPSA) is 58.4 Å². The lowest BCUT2D eigenvalue weighted by molar-refractivity contribution is 0.0647. The number of aliphatic hydroxyl groups is 1. The highest BCUT2D eigenvalue weighted by Crippen LogP contribution is 2.25. The van der Waals surface area contributed by atoms with Crippen molar-refractivity contribution in [2.45, 2.75) is 26.3 Å². The van der Waals surface area contributed by atoms with Crippen LogP contribution < -0.4 is 0 Å². The summed E-state index contributed by atoms with van der Waals surface area (Å²) in [5, 5.41) is 13.4. The quantitative estimate of drug-likeness (QED) is 0.818. The number of aliphatic hydroxyl groups excluding tert-OH is 1. The van der Waals surface area contributed by atoms with Gasteiger partial charge in [0.1, 0.15) is 0 Å². The Morgan fingerprint density at radius 2 is 2.35 bits per heavy atom. The lowest BCUT2D eigenvalue weighted by Gasteiger charge is -2.25. The lowest BCUT2D eigenvalue weighted by Crippen LogP contribution is -2.40. The molecule has 1 saturated heterocycles. The average Bonchev–Trinajstić information content (AvgIpc) is 2.83. The van der Waals surface area contributed by atoms with E-state index >= 15 is 0 Å². The van der Waals surface area contributed by atoms with Crippen LogP contribution in [-0.4, -0.2) is 44.9 Å². The first-order chi connectivity index (χ1) is 8.06. The summed E-state index contributed by atoms with van der Waals surface area (Å²) in [5.41, 5.74) is 1.51. The zero-order valence-electron chi connectivity index (χ0n) is 10.6. The molecule has 1 aromatic rings. The van der Waals surface area contributed by atoms with E-state index in [2.05, 4.69) is 12.0 Å². The van der Waals surface area contributed by atoms with Gasteiger partial charge in [0.05, 0.1) is 24.4 Å². The van der Waals surface area contributed by atoms with E-state index in [0.29, 0.717) is 11.5 Å². The zero-order chi connectivity index (χ0) is 12.6. The van der Waals surface area contributed by atoms with Gasteiger partial charge in [0.2, 0.25) is 0 Å². The molecule has 94 valence electrons. The van der Waals surface area contributed by atoms with Crippen LogP contribution in [0.25, 0.3) is 0 Å². The second kappa shape index (κ2) is 4.49. The van der Waals surface area contributed by atoms with Crippen molar-refractivity contribution >= 4 is 5.91 Å². The maximum atomic E-state index is 12.4. The molecule has 1 aromatic heterocycles. The smallest absolute Gasteiger partial charge is 0.257 e. The Balaban J connectivity index is 2.23. The Morgan fingerprint density at radius 3 is 2.88 bits per heavy atom. The normalized spacial score (nSPS) is 24.4. The summed E-state index contributed by atoms with van der Waals surface area (Å²) in [4.78, 5) is 14.1. The summed E-state index contributed by atoms with van der Waals surface area (Å²) >= 11 is 0. The van der Waals surface area contributed by atoms with Crippen LogP contribution in [0.3, 0.4) is 0 Å². The molecule has 0 radical (unpaired) electrons. The number of likely N-dealkylation sites (tertiary alicyclic amines) is 1. The summed E-state index contributed by atoms with van der Waals surface area (Å²) in [7, 11) is 1.82. The van der Waals surface area contributed by atoms with Gasteiger partial charge in [-0.05, 0) is 19.3 Å². The highest BCUT2D eigenvalue weighted by molar-refractivity contribution is 5.95. The number of hydrogen-bond donors (Lipinski definition) is 1. The van der Waals surface area contributed by atoms with Gasteiger partial charge in [-0.3, -0.25) is 9.48 Å². The standard InChI is InChI=1S/C12H19N3O2/c1-8-4-5-15(11(8)7-16)12(17)10-6-13-14(3)9(10)2/h6,8,11,16H,4-5,7H2,1-3H3. The second-order valence-electron chi connectivity index (χ2n) is 4.78. The summed E-state index contributed by atoms with van der Waals surface area (Å²) < 4.78 is 1.70. The van der Waals surface area contributed by atoms with E-state index in [9.17, 15) is 9.90 Å². The minimum atomic E-state index is -0.0536. The third kappa shape index (κ3) is 1.95. The van der Waals surface area contributed by atoms with Crippen molar-refractivity contribution < 1.29 is 9.90 Å². The molecule has 2 rings (SSSR count). The van der Waals surface area contributed by atoms with Crippen molar-refractivity contribution in [3.63, 3.8) is 0 Å². The molecule has 0 bridgehead atoms. The molecule has 2 unspecified atom stereocenters. The van der Waals surface area contributed by atoms with E-state index in [1.807, 2.05) is 14.0 Å². The fourth-order valence-electron chi connectivity index (χ4n) is 2.40. The minimum absolute atomic E-state index is 0.0148. The van der Waals surface area contributed by atoms with E-state index in [1.54, 1.807) is 15.8 Å². The predicted molar refractivity (Wildman–Crippen MR) is 63.6 cm³/mol. The van der Waals surface area contributed by atoms with Crippen molar-refractivity contribution in [1.82, 2.24) is 14.7 Å². The largest absolute Gasteiger partial charge is 0.394 e. The molecule has 1 aliphatic rings. The third-order valence-electron chi connectivity index (χ3n) is 3.80. The van der Waals surface area contributed by atoms with Crippen LogP contribution in [0.1, 0.15) is 29.4 Å². The lowest BCUT2D eigenvalue weighted by atomic mass is 10.0. The minimum Gasteiger partial charge on any atom is -0.394 e. The fourth-order valence-corrected chi connectivity index (χ4v) is 2.40. The first-order valence-electron chi connectivity index (χ1n) is 5.96. The molecule has 2 heterocycles. The van der Waals surface area contributed by atoms with Crippen molar-refractivity contribution in [2.75, 3.05) is 13.2 Å². The Morgan fingerprint density at radius 1 is 1.65 bits per heavy atom. The summed E-state index contributed by atoms with van der Waals surface area (Å²) in [6.07, 6.45) is 2.56. The van der Waals surface area contributed by atoms with Gasteiger partial charge in [0.25, 0.3) is 5.91 Å². The first kappa shape index (κ1) is 12.1. The molecule has 0 saturated carbocycles. The van der Waals surface area contributed by atoms with Gasteiger partial charge in [0.15, 0.2) is 0 Å². The number of hydrogen-bond acceptors (Lipinski definition) is 3. The van der Waals surface area contributed by atoms with Crippen LogP contribution in [0.4, 0.5) is 0 Å². The SMILES string of the molecule is Cc1c(C(=O)N2CCC(C)C2CO)cnn1C. The molecule has 1 amide bonds. The molecule has 0 aliphatic carbocycles. The average molecular weight is 237 g/mol. The molecular formula is C12H19N3O2. The maximum Gasteiger partial charge on any atom is 0.257 e. The Kier molecular flexibility index (Phi) is 3.19. The van der Waals surface area contributed by atoms with Gasteiger partial charge in [-0.2, -0.15) is 5.10 Å². The Hall–Kier alpha value is -1.36. The number of rotatable bonds is 2. The molecule has 17 heavy (non-hydrogen) atoms. The Bertz CT molecular complexity index is 427. The highest BCUT2D eigenvalue weighted by Gasteiger charge is 2.35. The van der Waals surface area contributed by atoms with Crippen LogP contribution >= 0.6 is 0 Å². The van der Waals surface area contributed by atoms with Crippen LogP contribution in [0, 0.1) is 12.8 Å². The van der Waals surface area contributed by atoms with Crippen molar-refractivity contribution in [3.8, 4) is 0 Å². The molecule has 1 fully saturated rings. The third-order valence-corrected chi connectivity index (χ3v) is 3.80. The van der Waals surface area contributed by atoms with Crippen LogP contribution in [0.2, 0.25) is 0 Å². The van der Waals surface area contributed by atoms with E-state index in [0.717, 1.165) is 18.7 Å². The summed E-state index contributed by atoms with van der Waals surface area (Å²) in [6.45, 7) is 4.71. The fraction of sp³-hybridized carbons (Fsp3) is 0.667. The first-order valence-corrected chi connectivity index (χ1v) is 5.96. The number of aryl methyl sites for hydroxylation is 1. The van der Waals surface area contributed by atoms with E-state index < -0.39 is 0 Å². The van der Waals surface area contributed by atoms with Gasteiger partial charge in [0, 0.05) is 19.3 Å².